The van der Waals surface area contributed by atoms with Crippen molar-refractivity contribution in [3.63, 3.8) is 0 Å². The number of pyridine rings is 1. The van der Waals surface area contributed by atoms with Gasteiger partial charge in [0.15, 0.2) is 5.69 Å². The molecule has 1 amide bonds. The topological polar surface area (TPSA) is 140 Å². The average Bonchev–Trinajstić information content (AvgIpc) is 3.59. The SMILES string of the molecule is COc1ccncc1-c1ccc2[nH]nc(C(=O)NCC3CCN(Cc4ccc(C(=O)OC=O)o4)CC3)c2c1. The number of hydrogen-bond acceptors (Lipinski definition) is 9. The zero-order chi connectivity index (χ0) is 26.5. The molecule has 11 nitrogen and oxygen atoms in total. The third-order valence-electron chi connectivity index (χ3n) is 6.75. The van der Waals surface area contributed by atoms with E-state index < -0.39 is 5.97 Å². The number of benzene rings is 1. The largest absolute Gasteiger partial charge is 0.496 e. The maximum atomic E-state index is 13.0. The van der Waals surface area contributed by atoms with Gasteiger partial charge in [0.2, 0.25) is 5.76 Å². The molecule has 4 aromatic rings. The first-order valence-corrected chi connectivity index (χ1v) is 12.3. The van der Waals surface area contributed by atoms with Gasteiger partial charge in [-0.25, -0.2) is 4.79 Å². The number of likely N-dealkylation sites (tertiary alicyclic amines) is 1. The number of piperidine rings is 1. The van der Waals surface area contributed by atoms with Crippen molar-refractivity contribution in [2.24, 2.45) is 5.92 Å². The number of fused-ring (bicyclic) bond motifs is 1. The zero-order valence-electron chi connectivity index (χ0n) is 20.8. The highest BCUT2D eigenvalue weighted by atomic mass is 16.6. The first-order valence-electron chi connectivity index (χ1n) is 12.3. The minimum absolute atomic E-state index is 0.00211. The van der Waals surface area contributed by atoms with Crippen molar-refractivity contribution in [2.45, 2.75) is 19.4 Å². The molecule has 0 saturated carbocycles. The van der Waals surface area contributed by atoms with Crippen LogP contribution in [0, 0.1) is 5.92 Å². The van der Waals surface area contributed by atoms with Crippen molar-refractivity contribution in [1.82, 2.24) is 25.4 Å². The van der Waals surface area contributed by atoms with E-state index in [9.17, 15) is 14.4 Å². The number of aromatic nitrogens is 3. The van der Waals surface area contributed by atoms with Crippen LogP contribution in [0.3, 0.4) is 0 Å². The van der Waals surface area contributed by atoms with E-state index in [0.29, 0.717) is 36.2 Å². The highest BCUT2D eigenvalue weighted by Crippen LogP contribution is 2.31. The summed E-state index contributed by atoms with van der Waals surface area (Å²) in [7, 11) is 1.61. The van der Waals surface area contributed by atoms with Gasteiger partial charge in [0.25, 0.3) is 5.91 Å². The number of H-pyrrole nitrogens is 1. The fraction of sp³-hybridized carbons (Fsp3) is 0.296. The molecule has 3 aromatic heterocycles. The Morgan fingerprint density at radius 1 is 1.21 bits per heavy atom. The lowest BCUT2D eigenvalue weighted by Crippen LogP contribution is -2.38. The Morgan fingerprint density at radius 3 is 2.84 bits per heavy atom. The second kappa shape index (κ2) is 11.3. The number of nitrogens with zero attached hydrogens (tertiary/aromatic N) is 3. The van der Waals surface area contributed by atoms with Crippen LogP contribution in [0.1, 0.15) is 39.6 Å². The summed E-state index contributed by atoms with van der Waals surface area (Å²) >= 11 is 0. The summed E-state index contributed by atoms with van der Waals surface area (Å²) < 4.78 is 15.2. The molecular weight excluding hydrogens is 490 g/mol. The number of carbonyl (C=O) groups excluding carboxylic acids is 3. The van der Waals surface area contributed by atoms with E-state index >= 15 is 0 Å². The number of amides is 1. The summed E-state index contributed by atoms with van der Waals surface area (Å²) in [6.45, 7) is 2.85. The number of carbonyl (C=O) groups is 3. The fourth-order valence-electron chi connectivity index (χ4n) is 4.70. The van der Waals surface area contributed by atoms with Crippen molar-refractivity contribution < 1.29 is 28.3 Å². The standard InChI is InChI=1S/C27H27N5O6/c1-36-23-6-9-28-14-21(23)18-2-4-22-20(12-18)25(31-30-22)26(34)29-13-17-7-10-32(11-8-17)15-19-3-5-24(38-19)27(35)37-16-33/h2-6,9,12,14,16-17H,7-8,10-11,13,15H2,1H3,(H,29,34)(H,30,31). The molecule has 0 bridgehead atoms. The van der Waals surface area contributed by atoms with Crippen molar-refractivity contribution in [3.05, 3.63) is 66.0 Å². The second-order valence-electron chi connectivity index (χ2n) is 9.11. The van der Waals surface area contributed by atoms with Gasteiger partial charge in [-0.2, -0.15) is 5.10 Å². The van der Waals surface area contributed by atoms with Gasteiger partial charge in [-0.3, -0.25) is 24.6 Å². The van der Waals surface area contributed by atoms with Crippen molar-refractivity contribution >= 4 is 29.3 Å². The smallest absolute Gasteiger partial charge is 0.381 e. The van der Waals surface area contributed by atoms with E-state index in [1.54, 1.807) is 31.6 Å². The second-order valence-corrected chi connectivity index (χ2v) is 9.11. The van der Waals surface area contributed by atoms with E-state index in [1.165, 1.54) is 6.07 Å². The molecule has 0 aliphatic carbocycles. The van der Waals surface area contributed by atoms with Gasteiger partial charge < -0.3 is 19.2 Å². The van der Waals surface area contributed by atoms with Crippen LogP contribution in [-0.4, -0.2) is 65.2 Å². The number of esters is 1. The normalized spacial score (nSPS) is 14.3. The monoisotopic (exact) mass is 517 g/mol. The Kier molecular flexibility index (Phi) is 7.45. The molecule has 1 aliphatic rings. The maximum Gasteiger partial charge on any atom is 0.381 e. The number of hydrogen-bond donors (Lipinski definition) is 2. The van der Waals surface area contributed by atoms with E-state index in [1.807, 2.05) is 18.2 Å². The molecule has 0 unspecified atom stereocenters. The van der Waals surface area contributed by atoms with Gasteiger partial charge in [-0.1, -0.05) is 6.07 Å². The molecule has 1 fully saturated rings. The van der Waals surface area contributed by atoms with Crippen LogP contribution in [0.5, 0.6) is 5.75 Å². The van der Waals surface area contributed by atoms with Gasteiger partial charge in [0.1, 0.15) is 11.5 Å². The summed E-state index contributed by atoms with van der Waals surface area (Å²) in [5.41, 5.74) is 2.84. The average molecular weight is 518 g/mol. The molecule has 1 aromatic carbocycles. The first-order chi connectivity index (χ1) is 18.6. The molecule has 0 atom stereocenters. The lowest BCUT2D eigenvalue weighted by Gasteiger charge is -2.31. The predicted molar refractivity (Wildman–Crippen MR) is 136 cm³/mol. The molecule has 0 radical (unpaired) electrons. The van der Waals surface area contributed by atoms with E-state index in [2.05, 4.69) is 30.1 Å². The maximum absolute atomic E-state index is 13.0. The van der Waals surface area contributed by atoms with Crippen molar-refractivity contribution in [2.75, 3.05) is 26.7 Å². The Morgan fingerprint density at radius 2 is 2.05 bits per heavy atom. The number of furan rings is 1. The summed E-state index contributed by atoms with van der Waals surface area (Å²) in [6, 6.07) is 10.8. The molecule has 38 heavy (non-hydrogen) atoms. The van der Waals surface area contributed by atoms with Gasteiger partial charge in [0, 0.05) is 29.9 Å². The highest BCUT2D eigenvalue weighted by Gasteiger charge is 2.23. The molecule has 11 heteroatoms. The molecule has 1 saturated heterocycles. The summed E-state index contributed by atoms with van der Waals surface area (Å²) in [5, 5.41) is 11.0. The first kappa shape index (κ1) is 25.2. The molecule has 196 valence electrons. The van der Waals surface area contributed by atoms with Crippen LogP contribution in [-0.2, 0) is 16.1 Å². The van der Waals surface area contributed by atoms with Crippen molar-refractivity contribution in [1.29, 1.82) is 0 Å². The quantitative estimate of drug-likeness (QED) is 0.195. The number of methoxy groups -OCH3 is 1. The van der Waals surface area contributed by atoms with Gasteiger partial charge in [0.05, 0.1) is 19.2 Å². The Labute approximate surface area is 218 Å². The minimum Gasteiger partial charge on any atom is -0.496 e. The predicted octanol–water partition coefficient (Wildman–Crippen LogP) is 3.18. The number of ether oxygens (including phenoxy) is 2. The molecule has 0 spiro atoms. The zero-order valence-corrected chi connectivity index (χ0v) is 20.8. The van der Waals surface area contributed by atoms with Crippen LogP contribution in [0.15, 0.2) is 53.2 Å². The van der Waals surface area contributed by atoms with E-state index in [0.717, 1.165) is 48.0 Å². The van der Waals surface area contributed by atoms with Crippen LogP contribution < -0.4 is 10.1 Å². The van der Waals surface area contributed by atoms with Crippen LogP contribution in [0.25, 0.3) is 22.0 Å². The number of rotatable bonds is 9. The number of nitrogens with one attached hydrogen (secondary N) is 2. The molecule has 2 N–H and O–H groups in total. The van der Waals surface area contributed by atoms with E-state index in [-0.39, 0.29) is 18.1 Å². The summed E-state index contributed by atoms with van der Waals surface area (Å²) in [4.78, 5) is 41.3. The van der Waals surface area contributed by atoms with E-state index in [4.69, 9.17) is 9.15 Å². The molecule has 5 rings (SSSR count). The van der Waals surface area contributed by atoms with Gasteiger partial charge in [-0.05, 0) is 67.7 Å². The summed E-state index contributed by atoms with van der Waals surface area (Å²) in [5.74, 6) is 0.640. The lowest BCUT2D eigenvalue weighted by molar-refractivity contribution is -0.124. The summed E-state index contributed by atoms with van der Waals surface area (Å²) in [6.07, 6.45) is 5.23. The molecule has 4 heterocycles. The minimum atomic E-state index is -0.807. The Hall–Kier alpha value is -4.51. The molecule has 1 aliphatic heterocycles. The fourth-order valence-corrected chi connectivity index (χ4v) is 4.70. The molecular formula is C27H27N5O6. The lowest BCUT2D eigenvalue weighted by atomic mass is 9.96. The Balaban J connectivity index is 1.16. The van der Waals surface area contributed by atoms with Crippen LogP contribution in [0.2, 0.25) is 0 Å². The van der Waals surface area contributed by atoms with Gasteiger partial charge >= 0.3 is 12.4 Å². The number of aromatic amines is 1. The van der Waals surface area contributed by atoms with Crippen LogP contribution >= 0.6 is 0 Å². The van der Waals surface area contributed by atoms with Crippen LogP contribution in [0.4, 0.5) is 0 Å². The van der Waals surface area contributed by atoms with Gasteiger partial charge in [-0.15, -0.1) is 0 Å². The Bertz CT molecular complexity index is 1450. The third kappa shape index (κ3) is 5.42. The van der Waals surface area contributed by atoms with Crippen molar-refractivity contribution in [3.8, 4) is 16.9 Å². The third-order valence-corrected chi connectivity index (χ3v) is 6.75. The highest BCUT2D eigenvalue weighted by molar-refractivity contribution is 6.05.